The van der Waals surface area contributed by atoms with E-state index in [-0.39, 0.29) is 22.7 Å². The van der Waals surface area contributed by atoms with Crippen molar-refractivity contribution in [3.8, 4) is 0 Å². The van der Waals surface area contributed by atoms with Crippen LogP contribution in [-0.4, -0.2) is 29.1 Å². The van der Waals surface area contributed by atoms with Crippen molar-refractivity contribution in [3.63, 3.8) is 0 Å². The second kappa shape index (κ2) is 9.26. The van der Waals surface area contributed by atoms with Crippen molar-refractivity contribution in [2.45, 2.75) is 37.0 Å². The summed E-state index contributed by atoms with van der Waals surface area (Å²) in [5, 5.41) is 1.84. The number of hydrogen-bond donors (Lipinski definition) is 2. The molecule has 0 aliphatic rings. The lowest BCUT2D eigenvalue weighted by Gasteiger charge is -2.15. The predicted molar refractivity (Wildman–Crippen MR) is 94.3 cm³/mol. The third-order valence-electron chi connectivity index (χ3n) is 3.55. The second-order valence-electron chi connectivity index (χ2n) is 5.77. The van der Waals surface area contributed by atoms with Crippen LogP contribution in [0.15, 0.2) is 29.3 Å². The molecule has 0 radical (unpaired) electrons. The van der Waals surface area contributed by atoms with Crippen molar-refractivity contribution in [3.05, 3.63) is 46.7 Å². The molecule has 0 aliphatic heterocycles. The molecule has 2 rings (SSSR count). The number of nitrogens with zero attached hydrogens (tertiary/aromatic N) is 1. The number of hydrogen-bond acceptors (Lipinski definition) is 3. The highest BCUT2D eigenvalue weighted by atomic mass is 35.5. The molecule has 0 bridgehead atoms. The van der Waals surface area contributed by atoms with Crippen molar-refractivity contribution in [2.24, 2.45) is 0 Å². The Bertz CT molecular complexity index is 888. The number of carbonyl (C=O) groups excluding carboxylic acids is 1. The van der Waals surface area contributed by atoms with Gasteiger partial charge in [0.05, 0.1) is 16.5 Å². The number of benzene rings is 1. The van der Waals surface area contributed by atoms with Gasteiger partial charge < -0.3 is 9.88 Å². The quantitative estimate of drug-likeness (QED) is 0.422. The van der Waals surface area contributed by atoms with Crippen LogP contribution in [0.1, 0.15) is 17.4 Å². The smallest absolute Gasteiger partial charge is 0.334 e. The standard InChI is InChI=1S/C16H13ClF7N3OS/c1-7(16(22,23)24)26-29-11-5-27(6-12(19)20)14(13(11)21)15(28)25-8-2-3-10(18)9(17)4-8/h2-5,7,12,26H,6H2,1H3,(H,25,28). The minimum atomic E-state index is -4.61. The molecule has 29 heavy (non-hydrogen) atoms. The van der Waals surface area contributed by atoms with Crippen LogP contribution in [0.2, 0.25) is 5.02 Å². The van der Waals surface area contributed by atoms with Gasteiger partial charge in [-0.25, -0.2) is 22.3 Å². The van der Waals surface area contributed by atoms with E-state index < -0.39 is 53.3 Å². The largest absolute Gasteiger partial charge is 0.404 e. The van der Waals surface area contributed by atoms with Gasteiger partial charge in [0.15, 0.2) is 5.82 Å². The number of alkyl halides is 5. The number of carbonyl (C=O) groups is 1. The second-order valence-corrected chi connectivity index (χ2v) is 7.05. The van der Waals surface area contributed by atoms with Crippen LogP contribution in [-0.2, 0) is 6.54 Å². The van der Waals surface area contributed by atoms with Gasteiger partial charge in [-0.15, -0.1) is 0 Å². The van der Waals surface area contributed by atoms with E-state index in [2.05, 4.69) is 5.32 Å². The number of anilines is 1. The molecule has 1 aromatic heterocycles. The zero-order chi connectivity index (χ0) is 21.9. The highest BCUT2D eigenvalue weighted by Crippen LogP contribution is 2.29. The molecule has 0 saturated heterocycles. The number of rotatable bonds is 7. The summed E-state index contributed by atoms with van der Waals surface area (Å²) in [5.41, 5.74) is -0.863. The Balaban J connectivity index is 2.29. The Hall–Kier alpha value is -1.92. The summed E-state index contributed by atoms with van der Waals surface area (Å²) in [4.78, 5) is 11.9. The van der Waals surface area contributed by atoms with Gasteiger partial charge in [0.2, 0.25) is 0 Å². The molecule has 1 amide bonds. The summed E-state index contributed by atoms with van der Waals surface area (Å²) in [5.74, 6) is -3.23. The Morgan fingerprint density at radius 3 is 2.48 bits per heavy atom. The highest BCUT2D eigenvalue weighted by molar-refractivity contribution is 7.97. The molecule has 2 aromatic rings. The number of nitrogens with one attached hydrogen (secondary N) is 2. The summed E-state index contributed by atoms with van der Waals surface area (Å²) in [6.07, 6.45) is -6.78. The molecule has 160 valence electrons. The summed E-state index contributed by atoms with van der Waals surface area (Å²) < 4.78 is 93.6. The van der Waals surface area contributed by atoms with Gasteiger partial charge in [-0.3, -0.25) is 4.79 Å². The Morgan fingerprint density at radius 1 is 1.28 bits per heavy atom. The van der Waals surface area contributed by atoms with Crippen LogP contribution in [0, 0.1) is 11.6 Å². The molecule has 4 nitrogen and oxygen atoms in total. The van der Waals surface area contributed by atoms with Crippen LogP contribution in [0.5, 0.6) is 0 Å². The molecule has 1 atom stereocenters. The first-order chi connectivity index (χ1) is 13.4. The molecule has 0 spiro atoms. The molecule has 0 aliphatic carbocycles. The summed E-state index contributed by atoms with van der Waals surface area (Å²) in [7, 11) is 0. The summed E-state index contributed by atoms with van der Waals surface area (Å²) in [6.45, 7) is -0.286. The van der Waals surface area contributed by atoms with Gasteiger partial charge in [0.25, 0.3) is 12.3 Å². The van der Waals surface area contributed by atoms with Crippen molar-refractivity contribution in [1.82, 2.24) is 9.29 Å². The lowest BCUT2D eigenvalue weighted by molar-refractivity contribution is -0.146. The third-order valence-corrected chi connectivity index (χ3v) is 4.81. The number of aromatic nitrogens is 1. The Labute approximate surface area is 169 Å². The van der Waals surface area contributed by atoms with Gasteiger partial charge in [0, 0.05) is 11.9 Å². The first-order valence-corrected chi connectivity index (χ1v) is 9.01. The minimum absolute atomic E-state index is 0.0383. The first kappa shape index (κ1) is 23.4. The van der Waals surface area contributed by atoms with Crippen molar-refractivity contribution >= 4 is 35.1 Å². The topological polar surface area (TPSA) is 46.1 Å². The third kappa shape index (κ3) is 6.03. The van der Waals surface area contributed by atoms with E-state index in [0.717, 1.165) is 31.3 Å². The van der Waals surface area contributed by atoms with Crippen LogP contribution < -0.4 is 10.0 Å². The van der Waals surface area contributed by atoms with Crippen LogP contribution in [0.3, 0.4) is 0 Å². The van der Waals surface area contributed by atoms with E-state index in [1.54, 1.807) is 0 Å². The normalized spacial score (nSPS) is 13.0. The molecular formula is C16H13ClF7N3OS. The Kier molecular flexibility index (Phi) is 7.46. The lowest BCUT2D eigenvalue weighted by atomic mass is 10.3. The van der Waals surface area contributed by atoms with Crippen LogP contribution in [0.4, 0.5) is 36.4 Å². The first-order valence-electron chi connectivity index (χ1n) is 7.82. The fourth-order valence-electron chi connectivity index (χ4n) is 2.08. The summed E-state index contributed by atoms with van der Waals surface area (Å²) >= 11 is 5.79. The molecular weight excluding hydrogens is 451 g/mol. The molecule has 0 fully saturated rings. The monoisotopic (exact) mass is 463 g/mol. The lowest BCUT2D eigenvalue weighted by Crippen LogP contribution is -2.35. The van der Waals surface area contributed by atoms with Crippen molar-refractivity contribution in [1.29, 1.82) is 0 Å². The van der Waals surface area contributed by atoms with E-state index in [1.807, 2.05) is 4.72 Å². The van der Waals surface area contributed by atoms with Crippen LogP contribution in [0.25, 0.3) is 0 Å². The zero-order valence-corrected chi connectivity index (χ0v) is 16.0. The molecule has 2 N–H and O–H groups in total. The van der Waals surface area contributed by atoms with E-state index >= 15 is 0 Å². The van der Waals surface area contributed by atoms with Crippen LogP contribution >= 0.6 is 23.5 Å². The zero-order valence-electron chi connectivity index (χ0n) is 14.5. The average Bonchev–Trinajstić information content (AvgIpc) is 2.89. The van der Waals surface area contributed by atoms with Gasteiger partial charge >= 0.3 is 6.18 Å². The van der Waals surface area contributed by atoms with E-state index in [9.17, 15) is 35.5 Å². The fourth-order valence-corrected chi connectivity index (χ4v) is 3.07. The fraction of sp³-hybridized carbons (Fsp3) is 0.312. The number of amides is 1. The molecule has 1 heterocycles. The summed E-state index contributed by atoms with van der Waals surface area (Å²) in [6, 6.07) is 1.04. The van der Waals surface area contributed by atoms with Gasteiger partial charge in [0.1, 0.15) is 17.6 Å². The Morgan fingerprint density at radius 2 is 1.93 bits per heavy atom. The van der Waals surface area contributed by atoms with Gasteiger partial charge in [-0.05, 0) is 37.1 Å². The number of halogens is 8. The maximum absolute atomic E-state index is 14.6. The highest BCUT2D eigenvalue weighted by Gasteiger charge is 2.36. The predicted octanol–water partition coefficient (Wildman–Crippen LogP) is 5.48. The molecule has 1 aromatic carbocycles. The molecule has 0 saturated carbocycles. The maximum Gasteiger partial charge on any atom is 0.404 e. The van der Waals surface area contributed by atoms with E-state index in [0.29, 0.717) is 4.57 Å². The molecule has 1 unspecified atom stereocenters. The maximum atomic E-state index is 14.6. The SMILES string of the molecule is CC(NSc1cn(CC(F)F)c(C(=O)Nc2ccc(F)c(Cl)c2)c1F)C(F)(F)F. The van der Waals surface area contributed by atoms with Gasteiger partial charge in [-0.1, -0.05) is 11.6 Å². The van der Waals surface area contributed by atoms with E-state index in [4.69, 9.17) is 11.6 Å². The molecule has 13 heteroatoms. The van der Waals surface area contributed by atoms with Gasteiger partial charge in [-0.2, -0.15) is 13.2 Å². The van der Waals surface area contributed by atoms with E-state index in [1.165, 1.54) is 0 Å². The van der Waals surface area contributed by atoms with Crippen molar-refractivity contribution < 1.29 is 35.5 Å². The van der Waals surface area contributed by atoms with Crippen molar-refractivity contribution in [2.75, 3.05) is 5.32 Å². The average molecular weight is 464 g/mol. The minimum Gasteiger partial charge on any atom is -0.334 e.